The van der Waals surface area contributed by atoms with Crippen molar-refractivity contribution < 1.29 is 21.9 Å². The summed E-state index contributed by atoms with van der Waals surface area (Å²) in [5.41, 5.74) is 1.01. The van der Waals surface area contributed by atoms with Gasteiger partial charge in [0.1, 0.15) is 10.6 Å². The van der Waals surface area contributed by atoms with Crippen LogP contribution in [0.4, 0.5) is 26.1 Å². The number of anilines is 3. The van der Waals surface area contributed by atoms with Crippen molar-refractivity contribution in [2.24, 2.45) is 0 Å². The summed E-state index contributed by atoms with van der Waals surface area (Å²) in [6.07, 6.45) is 0. The van der Waals surface area contributed by atoms with Crippen molar-refractivity contribution >= 4 is 50.0 Å². The maximum atomic E-state index is 12.8. The second-order valence-electron chi connectivity index (χ2n) is 6.31. The molecule has 0 aliphatic rings. The fraction of sp³-hybridized carbons (Fsp3) is 0.0476. The van der Waals surface area contributed by atoms with Crippen molar-refractivity contribution in [3.8, 4) is 5.75 Å². The zero-order chi connectivity index (χ0) is 22.7. The minimum Gasteiger partial charge on any atom is -0.433 e. The molecule has 2 N–H and O–H groups in total. The molecule has 0 saturated carbocycles. The van der Waals surface area contributed by atoms with Gasteiger partial charge < -0.3 is 10.1 Å². The molecule has 4 rings (SSSR count). The maximum Gasteiger partial charge on any atom is 0.387 e. The molecule has 1 heterocycles. The lowest BCUT2D eigenvalue weighted by Crippen LogP contribution is -2.16. The molecule has 0 spiro atoms. The topological polar surface area (TPSA) is 93.2 Å². The van der Waals surface area contributed by atoms with Gasteiger partial charge >= 0.3 is 6.61 Å². The Balaban J connectivity index is 1.77. The van der Waals surface area contributed by atoms with Crippen LogP contribution in [-0.2, 0) is 10.0 Å². The molecule has 4 aromatic rings. The molecule has 0 saturated heterocycles. The number of hydrogen-bond donors (Lipinski definition) is 2. The van der Waals surface area contributed by atoms with Gasteiger partial charge in [0.15, 0.2) is 11.6 Å². The van der Waals surface area contributed by atoms with E-state index < -0.39 is 16.6 Å². The van der Waals surface area contributed by atoms with Gasteiger partial charge in [0.25, 0.3) is 10.0 Å². The van der Waals surface area contributed by atoms with E-state index in [2.05, 4.69) is 36.9 Å². The van der Waals surface area contributed by atoms with E-state index in [0.29, 0.717) is 11.0 Å². The molecule has 0 aliphatic carbocycles. The lowest BCUT2D eigenvalue weighted by Gasteiger charge is -2.15. The first-order valence-electron chi connectivity index (χ1n) is 9.02. The van der Waals surface area contributed by atoms with Crippen LogP contribution in [0.1, 0.15) is 0 Å². The molecule has 1 aromatic heterocycles. The Kier molecular flexibility index (Phi) is 5.94. The Hall–Kier alpha value is -3.68. The molecule has 0 unspecified atom stereocenters. The number of halogens is 3. The van der Waals surface area contributed by atoms with Gasteiger partial charge in [-0.25, -0.2) is 18.4 Å². The smallest absolute Gasteiger partial charge is 0.387 e. The van der Waals surface area contributed by atoms with Crippen molar-refractivity contribution in [1.29, 1.82) is 0 Å². The number of nitrogens with one attached hydrogen (secondary N) is 2. The summed E-state index contributed by atoms with van der Waals surface area (Å²) in [5, 5.41) is 3.03. The Labute approximate surface area is 187 Å². The SMILES string of the molecule is O=S(=O)(Nc1nc2ccccc2nc1Nc1ccccc1OC(F)F)c1c#cc(Cl)cc1. The van der Waals surface area contributed by atoms with E-state index in [-0.39, 0.29) is 33.0 Å². The Morgan fingerprint density at radius 2 is 1.56 bits per heavy atom. The number of para-hydroxylation sites is 4. The van der Waals surface area contributed by atoms with Crippen molar-refractivity contribution in [2.45, 2.75) is 11.5 Å². The van der Waals surface area contributed by atoms with Gasteiger partial charge in [0, 0.05) is 0 Å². The molecule has 0 radical (unpaired) electrons. The van der Waals surface area contributed by atoms with E-state index in [1.807, 2.05) is 0 Å². The third-order valence-electron chi connectivity index (χ3n) is 4.13. The van der Waals surface area contributed by atoms with E-state index in [0.717, 1.165) is 0 Å². The lowest BCUT2D eigenvalue weighted by molar-refractivity contribution is -0.0493. The Bertz CT molecular complexity index is 1370. The summed E-state index contributed by atoms with van der Waals surface area (Å²) in [5.74, 6) is -0.318. The van der Waals surface area contributed by atoms with Crippen molar-refractivity contribution in [3.05, 3.63) is 77.8 Å². The highest BCUT2D eigenvalue weighted by Crippen LogP contribution is 2.32. The van der Waals surface area contributed by atoms with Crippen LogP contribution in [0, 0.1) is 12.1 Å². The highest BCUT2D eigenvalue weighted by Gasteiger charge is 2.20. The monoisotopic (exact) mass is 474 g/mol. The number of sulfonamides is 1. The molecular formula is C21H13ClF2N4O3S. The van der Waals surface area contributed by atoms with E-state index in [1.165, 1.54) is 30.3 Å². The number of ether oxygens (including phenoxy) is 1. The summed E-state index contributed by atoms with van der Waals surface area (Å²) in [7, 11) is -4.13. The van der Waals surface area contributed by atoms with Crippen LogP contribution in [-0.4, -0.2) is 25.0 Å². The van der Waals surface area contributed by atoms with Gasteiger partial charge in [-0.15, -0.1) is 0 Å². The minimum atomic E-state index is -4.13. The molecule has 0 bridgehead atoms. The average molecular weight is 475 g/mol. The lowest BCUT2D eigenvalue weighted by atomic mass is 10.3. The number of nitrogens with zero attached hydrogens (tertiary/aromatic N) is 2. The fourth-order valence-corrected chi connectivity index (χ4v) is 3.80. The molecule has 0 aliphatic heterocycles. The molecule has 32 heavy (non-hydrogen) atoms. The van der Waals surface area contributed by atoms with E-state index >= 15 is 0 Å². The number of benzene rings is 2. The van der Waals surface area contributed by atoms with Gasteiger partial charge in [-0.1, -0.05) is 35.9 Å². The summed E-state index contributed by atoms with van der Waals surface area (Å²) in [4.78, 5) is 8.52. The highest BCUT2D eigenvalue weighted by molar-refractivity contribution is 7.92. The largest absolute Gasteiger partial charge is 0.433 e. The molecular weight excluding hydrogens is 462 g/mol. The normalized spacial score (nSPS) is 11.2. The molecule has 0 fully saturated rings. The zero-order valence-electron chi connectivity index (χ0n) is 16.0. The molecule has 0 amide bonds. The Morgan fingerprint density at radius 3 is 2.22 bits per heavy atom. The number of hydrogen-bond acceptors (Lipinski definition) is 6. The van der Waals surface area contributed by atoms with E-state index in [9.17, 15) is 17.2 Å². The van der Waals surface area contributed by atoms with E-state index in [4.69, 9.17) is 11.6 Å². The van der Waals surface area contributed by atoms with Crippen LogP contribution in [0.5, 0.6) is 5.75 Å². The first-order valence-corrected chi connectivity index (χ1v) is 10.9. The maximum absolute atomic E-state index is 12.8. The minimum absolute atomic E-state index is 0.0180. The van der Waals surface area contributed by atoms with Crippen LogP contribution >= 0.6 is 11.6 Å². The van der Waals surface area contributed by atoms with Crippen LogP contribution in [0.15, 0.2) is 65.6 Å². The van der Waals surface area contributed by atoms with E-state index in [1.54, 1.807) is 30.3 Å². The second kappa shape index (κ2) is 8.82. The molecule has 162 valence electrons. The predicted octanol–water partition coefficient (Wildman–Crippen LogP) is 5.03. The third-order valence-corrected chi connectivity index (χ3v) is 5.63. The van der Waals surface area contributed by atoms with Crippen molar-refractivity contribution in [1.82, 2.24) is 9.97 Å². The second-order valence-corrected chi connectivity index (χ2v) is 8.37. The van der Waals surface area contributed by atoms with Gasteiger partial charge in [-0.05, 0) is 48.5 Å². The third kappa shape index (κ3) is 4.80. The quantitative estimate of drug-likeness (QED) is 0.390. The van der Waals surface area contributed by atoms with Crippen LogP contribution < -0.4 is 14.8 Å². The van der Waals surface area contributed by atoms with Crippen LogP contribution in [0.25, 0.3) is 11.0 Å². The Morgan fingerprint density at radius 1 is 0.906 bits per heavy atom. The molecule has 3 aromatic carbocycles. The zero-order valence-corrected chi connectivity index (χ0v) is 17.6. The van der Waals surface area contributed by atoms with Gasteiger partial charge in [-0.2, -0.15) is 8.78 Å². The fourth-order valence-electron chi connectivity index (χ4n) is 2.75. The number of alkyl halides is 2. The first-order chi connectivity index (χ1) is 15.3. The summed E-state index contributed by atoms with van der Waals surface area (Å²) < 4.78 is 58.1. The van der Waals surface area contributed by atoms with Gasteiger partial charge in [0.05, 0.1) is 21.7 Å². The summed E-state index contributed by atoms with van der Waals surface area (Å²) in [6.45, 7) is -3.05. The van der Waals surface area contributed by atoms with Crippen LogP contribution in [0.2, 0.25) is 5.02 Å². The molecule has 7 nitrogen and oxygen atoms in total. The standard InChI is InChI=1S/C21H13ClF2N4O3S/c22-13-9-11-14(12-10-13)32(29,30)28-20-19(25-15-5-1-2-6-16(15)26-20)27-17-7-3-4-8-18(17)31-21(23)24/h1-9,11,21H,(H,25,27)(H,26,28). The average Bonchev–Trinajstić information content (AvgIpc) is 2.75. The highest BCUT2D eigenvalue weighted by atomic mass is 35.5. The first kappa shape index (κ1) is 21.5. The number of fused-ring (bicyclic) bond motifs is 1. The molecule has 0 atom stereocenters. The number of rotatable bonds is 7. The molecule has 11 heteroatoms. The van der Waals surface area contributed by atoms with Crippen LogP contribution in [0.3, 0.4) is 0 Å². The summed E-state index contributed by atoms with van der Waals surface area (Å²) >= 11 is 5.75. The number of aromatic nitrogens is 2. The predicted molar refractivity (Wildman–Crippen MR) is 116 cm³/mol. The van der Waals surface area contributed by atoms with Gasteiger partial charge in [0.2, 0.25) is 0 Å². The van der Waals surface area contributed by atoms with Gasteiger partial charge in [-0.3, -0.25) is 4.72 Å². The van der Waals surface area contributed by atoms with Crippen molar-refractivity contribution in [3.63, 3.8) is 0 Å². The van der Waals surface area contributed by atoms with Crippen molar-refractivity contribution in [2.75, 3.05) is 10.0 Å². The summed E-state index contributed by atoms with van der Waals surface area (Å²) in [6, 6.07) is 20.3.